The van der Waals surface area contributed by atoms with Gasteiger partial charge in [-0.2, -0.15) is 0 Å². The first-order chi connectivity index (χ1) is 8.78. The van der Waals surface area contributed by atoms with Crippen molar-refractivity contribution >= 4 is 0 Å². The molecule has 1 aromatic rings. The Morgan fingerprint density at radius 3 is 2.74 bits per heavy atom. The Kier molecular flexibility index (Phi) is 3.31. The fourth-order valence-corrected chi connectivity index (χ4v) is 1.91. The van der Waals surface area contributed by atoms with Gasteiger partial charge in [0.15, 0.2) is 6.23 Å². The second kappa shape index (κ2) is 4.53. The van der Waals surface area contributed by atoms with Crippen LogP contribution in [0.4, 0.5) is 4.39 Å². The Labute approximate surface area is 105 Å². The summed E-state index contributed by atoms with van der Waals surface area (Å²) in [5.41, 5.74) is -1.55. The van der Waals surface area contributed by atoms with Crippen LogP contribution < -0.4 is 11.2 Å². The number of hydrogen-bond donors (Lipinski definition) is 4. The van der Waals surface area contributed by atoms with Crippen molar-refractivity contribution in [1.29, 1.82) is 0 Å². The van der Waals surface area contributed by atoms with Gasteiger partial charge in [-0.25, -0.2) is 9.18 Å². The molecule has 4 N–H and O–H groups in total. The van der Waals surface area contributed by atoms with Crippen LogP contribution in [0.15, 0.2) is 15.8 Å². The van der Waals surface area contributed by atoms with Gasteiger partial charge in [0.25, 0.3) is 11.4 Å². The average molecular weight is 276 g/mol. The molecule has 0 unspecified atom stereocenters. The lowest BCUT2D eigenvalue weighted by Gasteiger charge is -2.23. The van der Waals surface area contributed by atoms with E-state index in [1.807, 2.05) is 4.98 Å². The number of rotatable bonds is 2. The molecule has 1 aliphatic rings. The minimum Gasteiger partial charge on any atom is -0.394 e. The van der Waals surface area contributed by atoms with E-state index in [4.69, 9.17) is 9.84 Å². The van der Waals surface area contributed by atoms with E-state index in [0.717, 1.165) is 6.20 Å². The fourth-order valence-electron chi connectivity index (χ4n) is 1.91. The van der Waals surface area contributed by atoms with Crippen LogP contribution in [0, 0.1) is 6.92 Å². The number of nitrogens with zero attached hydrogens (tertiary/aromatic N) is 1. The van der Waals surface area contributed by atoms with Gasteiger partial charge in [0.05, 0.1) is 6.61 Å². The summed E-state index contributed by atoms with van der Waals surface area (Å²) in [5.74, 6) is -3.26. The maximum Gasteiger partial charge on any atom is 0.330 e. The number of halogens is 1. The topological polar surface area (TPSA) is 125 Å². The molecule has 19 heavy (non-hydrogen) atoms. The lowest BCUT2D eigenvalue weighted by Crippen LogP contribution is -2.46. The Balaban J connectivity index is 2.51. The Morgan fingerprint density at radius 1 is 1.58 bits per heavy atom. The van der Waals surface area contributed by atoms with E-state index in [0.29, 0.717) is 4.57 Å². The number of aryl methyl sites for hydroxylation is 1. The number of H-pyrrole nitrogens is 1. The molecule has 0 radical (unpaired) electrons. The van der Waals surface area contributed by atoms with Gasteiger partial charge in [-0.15, -0.1) is 0 Å². The molecular weight excluding hydrogens is 263 g/mol. The number of aliphatic hydroxyl groups is 3. The Morgan fingerprint density at radius 2 is 2.21 bits per heavy atom. The van der Waals surface area contributed by atoms with Crippen molar-refractivity contribution in [2.24, 2.45) is 0 Å². The number of nitrogens with one attached hydrogen (secondary N) is 1. The Hall–Kier alpha value is -1.55. The zero-order chi connectivity index (χ0) is 14.4. The van der Waals surface area contributed by atoms with Crippen LogP contribution in [0.5, 0.6) is 0 Å². The highest BCUT2D eigenvalue weighted by Crippen LogP contribution is 2.38. The highest BCUT2D eigenvalue weighted by molar-refractivity contribution is 5.04. The molecule has 0 amide bonds. The summed E-state index contributed by atoms with van der Waals surface area (Å²) in [6.45, 7) is 0.641. The zero-order valence-corrected chi connectivity index (χ0v) is 9.91. The first kappa shape index (κ1) is 13.9. The van der Waals surface area contributed by atoms with Crippen LogP contribution in [0.1, 0.15) is 11.8 Å². The van der Waals surface area contributed by atoms with E-state index in [-0.39, 0.29) is 5.56 Å². The summed E-state index contributed by atoms with van der Waals surface area (Å²) in [6, 6.07) is 0. The molecule has 0 spiro atoms. The first-order valence-electron chi connectivity index (χ1n) is 5.46. The summed E-state index contributed by atoms with van der Waals surface area (Å²) in [4.78, 5) is 24.7. The van der Waals surface area contributed by atoms with Crippen molar-refractivity contribution in [3.63, 3.8) is 0 Å². The zero-order valence-electron chi connectivity index (χ0n) is 9.91. The van der Waals surface area contributed by atoms with Crippen molar-refractivity contribution in [1.82, 2.24) is 9.55 Å². The van der Waals surface area contributed by atoms with E-state index < -0.39 is 42.1 Å². The third-order valence-corrected chi connectivity index (χ3v) is 3.00. The van der Waals surface area contributed by atoms with E-state index in [2.05, 4.69) is 0 Å². The van der Waals surface area contributed by atoms with E-state index in [9.17, 15) is 24.2 Å². The van der Waals surface area contributed by atoms with Gasteiger partial charge < -0.3 is 20.1 Å². The summed E-state index contributed by atoms with van der Waals surface area (Å²) in [5, 5.41) is 27.9. The second-order valence-electron chi connectivity index (χ2n) is 4.36. The van der Waals surface area contributed by atoms with Crippen LogP contribution in [-0.4, -0.2) is 49.5 Å². The predicted molar refractivity (Wildman–Crippen MR) is 59.1 cm³/mol. The SMILES string of the molecule is Cc1cn([C@@H]2O[C@H](CO)[C@@H](O)[C@]2(O)F)c(=O)[nH]c1=O. The largest absolute Gasteiger partial charge is 0.394 e. The van der Waals surface area contributed by atoms with Gasteiger partial charge in [-0.1, -0.05) is 0 Å². The molecule has 4 atom stereocenters. The molecule has 0 aromatic carbocycles. The minimum absolute atomic E-state index is 0.0981. The third kappa shape index (κ3) is 2.10. The van der Waals surface area contributed by atoms with Crippen molar-refractivity contribution < 1.29 is 24.4 Å². The smallest absolute Gasteiger partial charge is 0.330 e. The molecule has 1 aromatic heterocycles. The average Bonchev–Trinajstić information content (AvgIpc) is 2.56. The standard InChI is InChI=1S/C10H13FN2O6/c1-4-2-13(9(17)12-7(4)16)8-10(11,18)6(15)5(3-14)19-8/h2,5-6,8,14-15,18H,3H2,1H3,(H,12,16,17)/t5-,6-,8-,10-/m1/s1. The van der Waals surface area contributed by atoms with Gasteiger partial charge >= 0.3 is 5.69 Å². The highest BCUT2D eigenvalue weighted by atomic mass is 19.2. The van der Waals surface area contributed by atoms with Crippen molar-refractivity contribution in [2.75, 3.05) is 6.61 Å². The molecule has 1 fully saturated rings. The normalized spacial score (nSPS) is 34.7. The number of hydrogen-bond acceptors (Lipinski definition) is 6. The lowest BCUT2D eigenvalue weighted by molar-refractivity contribution is -0.197. The molecule has 106 valence electrons. The fraction of sp³-hybridized carbons (Fsp3) is 0.600. The summed E-state index contributed by atoms with van der Waals surface area (Å²) >= 11 is 0. The first-order valence-corrected chi connectivity index (χ1v) is 5.46. The molecule has 2 heterocycles. The van der Waals surface area contributed by atoms with E-state index in [1.54, 1.807) is 0 Å². The van der Waals surface area contributed by atoms with Crippen molar-refractivity contribution in [3.05, 3.63) is 32.6 Å². The summed E-state index contributed by atoms with van der Waals surface area (Å²) in [6.07, 6.45) is -4.24. The number of aromatic amines is 1. The minimum atomic E-state index is -3.26. The van der Waals surface area contributed by atoms with Gasteiger partial charge in [0, 0.05) is 11.8 Å². The monoisotopic (exact) mass is 276 g/mol. The quantitative estimate of drug-likeness (QED) is 0.484. The molecule has 0 saturated carbocycles. The number of ether oxygens (including phenoxy) is 1. The van der Waals surface area contributed by atoms with Gasteiger partial charge in [-0.05, 0) is 6.92 Å². The molecule has 9 heteroatoms. The third-order valence-electron chi connectivity index (χ3n) is 3.00. The number of aromatic nitrogens is 2. The molecule has 0 bridgehead atoms. The second-order valence-corrected chi connectivity index (χ2v) is 4.36. The molecule has 1 saturated heterocycles. The van der Waals surface area contributed by atoms with Gasteiger partial charge in [0.1, 0.15) is 12.2 Å². The molecule has 8 nitrogen and oxygen atoms in total. The van der Waals surface area contributed by atoms with Gasteiger partial charge in [0.2, 0.25) is 0 Å². The van der Waals surface area contributed by atoms with Crippen LogP contribution in [-0.2, 0) is 4.74 Å². The summed E-state index contributed by atoms with van der Waals surface area (Å²) < 4.78 is 19.6. The van der Waals surface area contributed by atoms with Crippen LogP contribution in [0.2, 0.25) is 0 Å². The number of aliphatic hydroxyl groups excluding tert-OH is 2. The molecule has 1 aliphatic heterocycles. The van der Waals surface area contributed by atoms with Crippen LogP contribution in [0.25, 0.3) is 0 Å². The molecule has 0 aliphatic carbocycles. The molecule has 2 rings (SSSR count). The van der Waals surface area contributed by atoms with E-state index in [1.165, 1.54) is 6.92 Å². The van der Waals surface area contributed by atoms with Crippen molar-refractivity contribution in [2.45, 2.75) is 31.2 Å². The Bertz CT molecular complexity index is 594. The molecular formula is C10H13FN2O6. The van der Waals surface area contributed by atoms with Crippen LogP contribution >= 0.6 is 0 Å². The lowest BCUT2D eigenvalue weighted by atomic mass is 10.1. The summed E-state index contributed by atoms with van der Waals surface area (Å²) in [7, 11) is 0. The van der Waals surface area contributed by atoms with Gasteiger partial charge in [-0.3, -0.25) is 14.3 Å². The van der Waals surface area contributed by atoms with Crippen LogP contribution in [0.3, 0.4) is 0 Å². The highest BCUT2D eigenvalue weighted by Gasteiger charge is 2.57. The van der Waals surface area contributed by atoms with Crippen molar-refractivity contribution in [3.8, 4) is 0 Å². The maximum atomic E-state index is 14.0. The maximum absolute atomic E-state index is 14.0. The van der Waals surface area contributed by atoms with E-state index >= 15 is 0 Å². The number of alkyl halides is 1. The predicted octanol–water partition coefficient (Wildman–Crippen LogP) is -2.25.